The minimum absolute atomic E-state index is 0.0228. The summed E-state index contributed by atoms with van der Waals surface area (Å²) in [6.07, 6.45) is -5.41. The molecule has 10 nitrogen and oxygen atoms in total. The summed E-state index contributed by atoms with van der Waals surface area (Å²) in [5.41, 5.74) is -0.0737. The van der Waals surface area contributed by atoms with Crippen molar-refractivity contribution in [2.24, 2.45) is 0 Å². The third-order valence-corrected chi connectivity index (χ3v) is 5.93. The van der Waals surface area contributed by atoms with Crippen molar-refractivity contribution in [2.75, 3.05) is 25.6 Å². The topological polar surface area (TPSA) is 112 Å². The summed E-state index contributed by atoms with van der Waals surface area (Å²) in [7, 11) is 1.57. The Morgan fingerprint density at radius 3 is 2.71 bits per heavy atom. The van der Waals surface area contributed by atoms with E-state index in [4.69, 9.17) is 14.2 Å². The number of tetrazole rings is 1. The first-order chi connectivity index (χ1) is 16.8. The fraction of sp³-hybridized carbons (Fsp3) is 0.364. The van der Waals surface area contributed by atoms with Gasteiger partial charge < -0.3 is 24.8 Å². The van der Waals surface area contributed by atoms with Crippen LogP contribution in [0.3, 0.4) is 0 Å². The molecule has 0 radical (unpaired) electrons. The largest absolute Gasteiger partial charge is 0.497 e. The zero-order chi connectivity index (χ0) is 24.6. The van der Waals surface area contributed by atoms with Crippen LogP contribution in [0.15, 0.2) is 48.5 Å². The van der Waals surface area contributed by atoms with E-state index in [1.165, 1.54) is 12.1 Å². The van der Waals surface area contributed by atoms with Gasteiger partial charge in [0, 0.05) is 11.3 Å². The second-order valence-corrected chi connectivity index (χ2v) is 8.13. The molecule has 2 aliphatic heterocycles. The molecule has 1 aromatic heterocycles. The van der Waals surface area contributed by atoms with Gasteiger partial charge in [0.05, 0.1) is 31.9 Å². The van der Waals surface area contributed by atoms with Gasteiger partial charge in [0.15, 0.2) is 5.82 Å². The number of hydrogen-bond donors (Lipinski definition) is 2. The van der Waals surface area contributed by atoms with Crippen LogP contribution in [0, 0.1) is 0 Å². The lowest BCUT2D eigenvalue weighted by atomic mass is 10.1. The van der Waals surface area contributed by atoms with Crippen LogP contribution in [0.25, 0.3) is 11.4 Å². The number of nitrogens with zero attached hydrogens (tertiary/aromatic N) is 4. The zero-order valence-corrected chi connectivity index (χ0v) is 18.4. The summed E-state index contributed by atoms with van der Waals surface area (Å²) in [5, 5.41) is 17.2. The molecular weight excluding hydrogens is 469 g/mol. The minimum Gasteiger partial charge on any atom is -0.497 e. The van der Waals surface area contributed by atoms with Crippen LogP contribution in [-0.2, 0) is 15.7 Å². The van der Waals surface area contributed by atoms with E-state index in [2.05, 4.69) is 26.2 Å². The highest BCUT2D eigenvalue weighted by molar-refractivity contribution is 5.89. The van der Waals surface area contributed by atoms with E-state index in [-0.39, 0.29) is 24.9 Å². The molecule has 5 rings (SSSR count). The van der Waals surface area contributed by atoms with Gasteiger partial charge in [0.1, 0.15) is 24.0 Å². The monoisotopic (exact) mass is 490 g/mol. The Balaban J connectivity index is 1.26. The molecule has 2 saturated heterocycles. The van der Waals surface area contributed by atoms with Crippen LogP contribution >= 0.6 is 0 Å². The Labute approximate surface area is 197 Å². The number of urea groups is 1. The number of halogens is 3. The van der Waals surface area contributed by atoms with Gasteiger partial charge in [0.2, 0.25) is 0 Å². The molecule has 2 fully saturated rings. The molecular formula is C22H21F3N6O4. The summed E-state index contributed by atoms with van der Waals surface area (Å²) in [4.78, 5) is 12.5. The third kappa shape index (κ3) is 4.64. The number of alkyl halides is 3. The highest BCUT2D eigenvalue weighted by Crippen LogP contribution is 2.36. The van der Waals surface area contributed by atoms with Gasteiger partial charge in [-0.1, -0.05) is 18.2 Å². The van der Waals surface area contributed by atoms with E-state index in [1.807, 2.05) is 24.3 Å². The van der Waals surface area contributed by atoms with E-state index >= 15 is 0 Å². The molecule has 35 heavy (non-hydrogen) atoms. The zero-order valence-electron chi connectivity index (χ0n) is 18.4. The predicted octanol–water partition coefficient (Wildman–Crippen LogP) is 2.90. The maximum absolute atomic E-state index is 12.9. The molecule has 2 N–H and O–H groups in total. The fourth-order valence-electron chi connectivity index (χ4n) is 4.29. The number of aromatic nitrogens is 4. The number of ether oxygens (including phenoxy) is 3. The number of nitrogens with one attached hydrogen (secondary N) is 2. The lowest BCUT2D eigenvalue weighted by molar-refractivity contribution is -0.137. The van der Waals surface area contributed by atoms with E-state index in [0.717, 1.165) is 17.7 Å². The predicted molar refractivity (Wildman–Crippen MR) is 116 cm³/mol. The molecule has 0 spiro atoms. The average molecular weight is 490 g/mol. The summed E-state index contributed by atoms with van der Waals surface area (Å²) in [6.45, 7) is 0.420. The van der Waals surface area contributed by atoms with E-state index in [0.29, 0.717) is 11.6 Å². The fourth-order valence-corrected chi connectivity index (χ4v) is 4.29. The second kappa shape index (κ2) is 9.15. The Hall–Kier alpha value is -3.71. The number of anilines is 1. The van der Waals surface area contributed by atoms with Gasteiger partial charge >= 0.3 is 12.2 Å². The number of benzene rings is 2. The van der Waals surface area contributed by atoms with Crippen molar-refractivity contribution in [1.82, 2.24) is 25.5 Å². The SMILES string of the molecule is COc1cccc(-c2nnnn2[C@H]2CO[C@H]3[C@@H]2OC[C@@H]3NC(=O)Nc2cccc(C(F)(F)F)c2)c1. The highest BCUT2D eigenvalue weighted by Gasteiger charge is 2.50. The highest BCUT2D eigenvalue weighted by atomic mass is 19.4. The smallest absolute Gasteiger partial charge is 0.416 e. The van der Waals surface area contributed by atoms with Crippen LogP contribution < -0.4 is 15.4 Å². The molecule has 13 heteroatoms. The lowest BCUT2D eigenvalue weighted by Gasteiger charge is -2.18. The molecule has 4 atom stereocenters. The molecule has 0 saturated carbocycles. The summed E-state index contributed by atoms with van der Waals surface area (Å²) >= 11 is 0. The summed E-state index contributed by atoms with van der Waals surface area (Å²) < 4.78 is 57.5. The van der Waals surface area contributed by atoms with Crippen LogP contribution in [-0.4, -0.2) is 64.8 Å². The molecule has 2 amide bonds. The average Bonchev–Trinajstić information content (AvgIpc) is 3.56. The number of carbonyl (C=O) groups excluding carboxylic acids is 1. The number of fused-ring (bicyclic) bond motifs is 1. The molecule has 3 heterocycles. The van der Waals surface area contributed by atoms with Crippen LogP contribution in [0.1, 0.15) is 11.6 Å². The van der Waals surface area contributed by atoms with Crippen LogP contribution in [0.4, 0.5) is 23.7 Å². The first-order valence-corrected chi connectivity index (χ1v) is 10.7. The molecule has 0 bridgehead atoms. The molecule has 0 aliphatic carbocycles. The van der Waals surface area contributed by atoms with Gasteiger partial charge in [-0.3, -0.25) is 0 Å². The van der Waals surface area contributed by atoms with Gasteiger partial charge in [-0.15, -0.1) is 5.10 Å². The maximum atomic E-state index is 12.9. The van der Waals surface area contributed by atoms with E-state index in [9.17, 15) is 18.0 Å². The summed E-state index contributed by atoms with van der Waals surface area (Å²) in [6, 6.07) is 10.2. The number of hydrogen-bond acceptors (Lipinski definition) is 7. The Bertz CT molecular complexity index is 1220. The first-order valence-electron chi connectivity index (χ1n) is 10.7. The Morgan fingerprint density at radius 1 is 1.11 bits per heavy atom. The molecule has 2 aromatic carbocycles. The number of amides is 2. The quantitative estimate of drug-likeness (QED) is 0.566. The van der Waals surface area contributed by atoms with Gasteiger partial charge in [-0.2, -0.15) is 13.2 Å². The van der Waals surface area contributed by atoms with Crippen molar-refractivity contribution in [3.8, 4) is 17.1 Å². The number of carbonyl (C=O) groups is 1. The van der Waals surface area contributed by atoms with Gasteiger partial charge in [0.25, 0.3) is 0 Å². The van der Waals surface area contributed by atoms with E-state index < -0.39 is 36.0 Å². The molecule has 184 valence electrons. The lowest BCUT2D eigenvalue weighted by Crippen LogP contribution is -2.45. The Kier molecular flexibility index (Phi) is 6.03. The number of rotatable bonds is 5. The van der Waals surface area contributed by atoms with Gasteiger partial charge in [-0.25, -0.2) is 9.48 Å². The van der Waals surface area contributed by atoms with Crippen molar-refractivity contribution >= 4 is 11.7 Å². The first kappa shape index (κ1) is 23.1. The Morgan fingerprint density at radius 2 is 1.91 bits per heavy atom. The van der Waals surface area contributed by atoms with Crippen molar-refractivity contribution in [2.45, 2.75) is 30.5 Å². The van der Waals surface area contributed by atoms with Gasteiger partial charge in [-0.05, 0) is 40.8 Å². The molecule has 0 unspecified atom stereocenters. The van der Waals surface area contributed by atoms with Crippen molar-refractivity contribution in [1.29, 1.82) is 0 Å². The molecule has 2 aliphatic rings. The van der Waals surface area contributed by atoms with Crippen LogP contribution in [0.5, 0.6) is 5.75 Å². The normalized spacial score (nSPS) is 23.7. The minimum atomic E-state index is -4.51. The summed E-state index contributed by atoms with van der Waals surface area (Å²) in [5.74, 6) is 1.17. The van der Waals surface area contributed by atoms with E-state index in [1.54, 1.807) is 11.8 Å². The van der Waals surface area contributed by atoms with Crippen LogP contribution in [0.2, 0.25) is 0 Å². The molecule has 3 aromatic rings. The number of methoxy groups -OCH3 is 1. The van der Waals surface area contributed by atoms with Crippen molar-refractivity contribution in [3.63, 3.8) is 0 Å². The third-order valence-electron chi connectivity index (χ3n) is 5.93. The van der Waals surface area contributed by atoms with Crippen molar-refractivity contribution in [3.05, 3.63) is 54.1 Å². The standard InChI is InChI=1S/C22H21F3N6O4/c1-33-15-7-2-4-12(8-15)20-28-29-30-31(20)17-11-35-18-16(10-34-19(17)18)27-21(32)26-14-6-3-5-13(9-14)22(23,24)25/h2-9,16-19H,10-11H2,1H3,(H2,26,27,32)/t16-,17-,18+,19+/m0/s1. The maximum Gasteiger partial charge on any atom is 0.416 e. The van der Waals surface area contributed by atoms with Crippen molar-refractivity contribution < 1.29 is 32.2 Å². The second-order valence-electron chi connectivity index (χ2n) is 8.13.